The third-order valence-electron chi connectivity index (χ3n) is 4.98. The summed E-state index contributed by atoms with van der Waals surface area (Å²) in [6, 6.07) is 2.61. The lowest BCUT2D eigenvalue weighted by molar-refractivity contribution is 0.0908. The fourth-order valence-corrected chi connectivity index (χ4v) is 4.05. The minimum atomic E-state index is 0.0892. The van der Waals surface area contributed by atoms with Crippen LogP contribution in [0.1, 0.15) is 67.3 Å². The van der Waals surface area contributed by atoms with Crippen LogP contribution in [0.3, 0.4) is 0 Å². The number of carbonyl (C=O) groups is 1. The van der Waals surface area contributed by atoms with Gasteiger partial charge in [-0.1, -0.05) is 13.8 Å². The van der Waals surface area contributed by atoms with Crippen LogP contribution in [0.4, 0.5) is 0 Å². The topological polar surface area (TPSA) is 31.2 Å². The Morgan fingerprint density at radius 3 is 2.70 bits per heavy atom. The predicted octanol–water partition coefficient (Wildman–Crippen LogP) is 3.69. The number of aromatic nitrogens is 1. The molecule has 0 N–H and O–H groups in total. The summed E-state index contributed by atoms with van der Waals surface area (Å²) in [5.41, 5.74) is 3.57. The van der Waals surface area contributed by atoms with E-state index in [9.17, 15) is 4.79 Å². The molecule has 0 aliphatic heterocycles. The van der Waals surface area contributed by atoms with Crippen molar-refractivity contribution in [1.29, 1.82) is 0 Å². The summed E-state index contributed by atoms with van der Waals surface area (Å²) in [6.07, 6.45) is 5.43. The maximum absolute atomic E-state index is 12.4. The van der Waals surface area contributed by atoms with Crippen LogP contribution in [0.2, 0.25) is 0 Å². The highest BCUT2D eigenvalue weighted by molar-refractivity contribution is 5.99. The Hall–Kier alpha value is -1.09. The molecule has 110 valence electrons. The quantitative estimate of drug-likeness (QED) is 0.824. The Morgan fingerprint density at radius 2 is 2.05 bits per heavy atom. The van der Waals surface area contributed by atoms with Crippen molar-refractivity contribution in [2.45, 2.75) is 65.0 Å². The smallest absolute Gasteiger partial charge is 0.165 e. The van der Waals surface area contributed by atoms with E-state index in [0.717, 1.165) is 31.2 Å². The highest BCUT2D eigenvalue weighted by Crippen LogP contribution is 2.41. The molecule has 3 nitrogen and oxygen atoms in total. The molecule has 20 heavy (non-hydrogen) atoms. The van der Waals surface area contributed by atoms with Crippen LogP contribution in [0.15, 0.2) is 6.07 Å². The lowest BCUT2D eigenvalue weighted by atomic mass is 9.76. The van der Waals surface area contributed by atoms with Gasteiger partial charge in [0.05, 0.1) is 6.10 Å². The van der Waals surface area contributed by atoms with E-state index in [2.05, 4.69) is 31.4 Å². The van der Waals surface area contributed by atoms with Crippen molar-refractivity contribution in [3.8, 4) is 0 Å². The normalized spacial score (nSPS) is 28.7. The van der Waals surface area contributed by atoms with Gasteiger partial charge in [0.1, 0.15) is 0 Å². The van der Waals surface area contributed by atoms with Gasteiger partial charge in [0.25, 0.3) is 0 Å². The van der Waals surface area contributed by atoms with Gasteiger partial charge in [0.2, 0.25) is 0 Å². The van der Waals surface area contributed by atoms with Crippen LogP contribution >= 0.6 is 0 Å². The number of methoxy groups -OCH3 is 1. The zero-order valence-electron chi connectivity index (χ0n) is 13.0. The van der Waals surface area contributed by atoms with E-state index in [1.54, 1.807) is 7.11 Å². The van der Waals surface area contributed by atoms with Crippen molar-refractivity contribution in [2.24, 2.45) is 5.41 Å². The molecule has 1 heterocycles. The number of carbonyl (C=O) groups excluding carboxylic acids is 1. The second-order valence-electron chi connectivity index (χ2n) is 7.28. The number of aryl methyl sites for hydroxylation is 1. The van der Waals surface area contributed by atoms with Crippen LogP contribution in [0, 0.1) is 12.3 Å². The van der Waals surface area contributed by atoms with E-state index in [0.29, 0.717) is 24.3 Å². The first-order valence-corrected chi connectivity index (χ1v) is 7.68. The van der Waals surface area contributed by atoms with E-state index < -0.39 is 0 Å². The first-order chi connectivity index (χ1) is 9.41. The van der Waals surface area contributed by atoms with Gasteiger partial charge >= 0.3 is 0 Å². The molecular formula is C17H25NO2. The zero-order chi connectivity index (χ0) is 14.5. The van der Waals surface area contributed by atoms with Crippen LogP contribution in [0.5, 0.6) is 0 Å². The summed E-state index contributed by atoms with van der Waals surface area (Å²) in [7, 11) is 1.80. The summed E-state index contributed by atoms with van der Waals surface area (Å²) in [6.45, 7) is 6.54. The molecule has 2 unspecified atom stereocenters. The third kappa shape index (κ3) is 2.22. The van der Waals surface area contributed by atoms with Gasteiger partial charge in [0, 0.05) is 36.5 Å². The summed E-state index contributed by atoms with van der Waals surface area (Å²) < 4.78 is 7.94. The average molecular weight is 275 g/mol. The maximum Gasteiger partial charge on any atom is 0.165 e. The Labute approximate surface area is 121 Å². The lowest BCUT2D eigenvalue weighted by Crippen LogP contribution is -2.28. The van der Waals surface area contributed by atoms with Crippen molar-refractivity contribution in [3.63, 3.8) is 0 Å². The minimum absolute atomic E-state index is 0.0892. The third-order valence-corrected chi connectivity index (χ3v) is 4.98. The number of rotatable bonds is 2. The van der Waals surface area contributed by atoms with E-state index >= 15 is 0 Å². The van der Waals surface area contributed by atoms with Gasteiger partial charge < -0.3 is 9.30 Å². The standard InChI is InChI=1S/C17H25NO2/c1-11-7-14-15(9-17(2,3)10-16(14)19)18(11)12-5-6-13(8-12)20-4/h7,12-13H,5-6,8-10H2,1-4H3. The molecule has 2 aliphatic rings. The van der Waals surface area contributed by atoms with E-state index in [1.807, 2.05) is 0 Å². The van der Waals surface area contributed by atoms with Gasteiger partial charge in [-0.15, -0.1) is 0 Å². The molecular weight excluding hydrogens is 250 g/mol. The molecule has 1 aromatic rings. The number of hydrogen-bond acceptors (Lipinski definition) is 2. The number of fused-ring (bicyclic) bond motifs is 1. The van der Waals surface area contributed by atoms with Crippen molar-refractivity contribution in [2.75, 3.05) is 7.11 Å². The van der Waals surface area contributed by atoms with Gasteiger partial charge in [-0.3, -0.25) is 4.79 Å². The van der Waals surface area contributed by atoms with Crippen molar-refractivity contribution in [3.05, 3.63) is 23.0 Å². The second kappa shape index (κ2) is 4.73. The summed E-state index contributed by atoms with van der Waals surface area (Å²) >= 11 is 0. The van der Waals surface area contributed by atoms with E-state index in [-0.39, 0.29) is 5.41 Å². The van der Waals surface area contributed by atoms with Crippen molar-refractivity contribution in [1.82, 2.24) is 4.57 Å². The van der Waals surface area contributed by atoms with E-state index in [1.165, 1.54) is 11.4 Å². The molecule has 2 aliphatic carbocycles. The number of nitrogens with zero attached hydrogens (tertiary/aromatic N) is 1. The molecule has 0 amide bonds. The Balaban J connectivity index is 1.99. The maximum atomic E-state index is 12.4. The molecule has 3 rings (SSSR count). The Kier molecular flexibility index (Phi) is 3.28. The van der Waals surface area contributed by atoms with Gasteiger partial charge in [0.15, 0.2) is 5.78 Å². The molecule has 0 radical (unpaired) electrons. The zero-order valence-corrected chi connectivity index (χ0v) is 13.0. The molecule has 0 bridgehead atoms. The monoisotopic (exact) mass is 275 g/mol. The predicted molar refractivity (Wildman–Crippen MR) is 79.3 cm³/mol. The number of hydrogen-bond donors (Lipinski definition) is 0. The van der Waals surface area contributed by atoms with E-state index in [4.69, 9.17) is 4.74 Å². The molecule has 0 spiro atoms. The second-order valence-corrected chi connectivity index (χ2v) is 7.28. The number of ether oxygens (including phenoxy) is 1. The molecule has 1 fully saturated rings. The van der Waals surface area contributed by atoms with Crippen LogP contribution < -0.4 is 0 Å². The first kappa shape index (κ1) is 13.9. The summed E-state index contributed by atoms with van der Waals surface area (Å²) in [5, 5.41) is 0. The first-order valence-electron chi connectivity index (χ1n) is 7.68. The Bertz CT molecular complexity index is 541. The highest BCUT2D eigenvalue weighted by atomic mass is 16.5. The summed E-state index contributed by atoms with van der Waals surface area (Å²) in [5.74, 6) is 0.319. The Morgan fingerprint density at radius 1 is 1.30 bits per heavy atom. The minimum Gasteiger partial charge on any atom is -0.381 e. The molecule has 1 saturated carbocycles. The average Bonchev–Trinajstić information content (AvgIpc) is 2.92. The SMILES string of the molecule is COC1CCC(n2c(C)cc3c2CC(C)(C)CC3=O)C1. The molecule has 3 heteroatoms. The van der Waals surface area contributed by atoms with Gasteiger partial charge in [-0.25, -0.2) is 0 Å². The molecule has 2 atom stereocenters. The fourth-order valence-electron chi connectivity index (χ4n) is 4.05. The number of ketones is 1. The van der Waals surface area contributed by atoms with Crippen molar-refractivity contribution < 1.29 is 9.53 Å². The van der Waals surface area contributed by atoms with Crippen LogP contribution in [0.25, 0.3) is 0 Å². The lowest BCUT2D eigenvalue weighted by Gasteiger charge is -2.31. The van der Waals surface area contributed by atoms with Crippen molar-refractivity contribution >= 4 is 5.78 Å². The number of Topliss-reactive ketones (excluding diaryl/α,β-unsaturated/α-hetero) is 1. The van der Waals surface area contributed by atoms with Gasteiger partial charge in [-0.2, -0.15) is 0 Å². The van der Waals surface area contributed by atoms with Crippen LogP contribution in [-0.4, -0.2) is 23.6 Å². The molecule has 1 aromatic heterocycles. The fraction of sp³-hybridized carbons (Fsp3) is 0.706. The largest absolute Gasteiger partial charge is 0.381 e. The molecule has 0 aromatic carbocycles. The van der Waals surface area contributed by atoms with Gasteiger partial charge in [-0.05, 0) is 44.1 Å². The highest BCUT2D eigenvalue weighted by Gasteiger charge is 2.36. The van der Waals surface area contributed by atoms with Crippen LogP contribution in [-0.2, 0) is 11.2 Å². The summed E-state index contributed by atoms with van der Waals surface area (Å²) in [4.78, 5) is 12.4. The molecule has 0 saturated heterocycles.